The molecular weight excluding hydrogens is 246 g/mol. The summed E-state index contributed by atoms with van der Waals surface area (Å²) in [6.45, 7) is 4.38. The number of aryl methyl sites for hydroxylation is 3. The van der Waals surface area contributed by atoms with Gasteiger partial charge >= 0.3 is 0 Å². The van der Waals surface area contributed by atoms with E-state index in [1.807, 2.05) is 11.5 Å². The fourth-order valence-electron chi connectivity index (χ4n) is 2.31. The molecule has 0 fully saturated rings. The van der Waals surface area contributed by atoms with Crippen LogP contribution < -0.4 is 5.32 Å². The van der Waals surface area contributed by atoms with E-state index in [1.165, 1.54) is 0 Å². The molecule has 2 aromatic rings. The molecule has 1 N–H and O–H groups in total. The van der Waals surface area contributed by atoms with E-state index >= 15 is 0 Å². The van der Waals surface area contributed by atoms with Crippen LogP contribution in [0.5, 0.6) is 0 Å². The molecule has 2 aromatic heterocycles. The number of rotatable bonds is 2. The first-order valence-corrected chi connectivity index (χ1v) is 6.26. The number of amides is 1. The van der Waals surface area contributed by atoms with Gasteiger partial charge in [0.1, 0.15) is 17.4 Å². The fraction of sp³-hybridized carbons (Fsp3) is 0.500. The Morgan fingerprint density at radius 2 is 2.32 bits per heavy atom. The van der Waals surface area contributed by atoms with Gasteiger partial charge < -0.3 is 14.4 Å². The lowest BCUT2D eigenvalue weighted by Crippen LogP contribution is -2.41. The van der Waals surface area contributed by atoms with Gasteiger partial charge in [-0.2, -0.15) is 0 Å². The molecule has 0 saturated heterocycles. The molecule has 0 spiro atoms. The van der Waals surface area contributed by atoms with Crippen LogP contribution in [0.3, 0.4) is 0 Å². The van der Waals surface area contributed by atoms with E-state index in [-0.39, 0.29) is 11.9 Å². The maximum Gasteiger partial charge on any atom is 0.273 e. The molecule has 19 heavy (non-hydrogen) atoms. The summed E-state index contributed by atoms with van der Waals surface area (Å²) < 4.78 is 6.95. The SMILES string of the molecule is Cc1cc(C(=O)N[C@H]2CCc3nnc(C)n3C2)no1. The van der Waals surface area contributed by atoms with Crippen LogP contribution in [0.1, 0.15) is 34.3 Å². The van der Waals surface area contributed by atoms with Crippen molar-refractivity contribution < 1.29 is 9.32 Å². The quantitative estimate of drug-likeness (QED) is 0.856. The zero-order valence-electron chi connectivity index (χ0n) is 10.9. The van der Waals surface area contributed by atoms with Crippen molar-refractivity contribution in [3.05, 3.63) is 29.2 Å². The average molecular weight is 261 g/mol. The second-order valence-electron chi connectivity index (χ2n) is 4.81. The first-order valence-electron chi connectivity index (χ1n) is 6.26. The normalized spacial score (nSPS) is 18.1. The van der Waals surface area contributed by atoms with Crippen molar-refractivity contribution in [2.75, 3.05) is 0 Å². The Bertz CT molecular complexity index is 615. The summed E-state index contributed by atoms with van der Waals surface area (Å²) in [5.41, 5.74) is 0.323. The predicted octanol–water partition coefficient (Wildman–Crippen LogP) is 0.628. The summed E-state index contributed by atoms with van der Waals surface area (Å²) in [6, 6.07) is 1.71. The summed E-state index contributed by atoms with van der Waals surface area (Å²) in [5, 5.41) is 14.8. The lowest BCUT2D eigenvalue weighted by atomic mass is 10.1. The van der Waals surface area contributed by atoms with Crippen molar-refractivity contribution >= 4 is 5.91 Å². The van der Waals surface area contributed by atoms with Gasteiger partial charge in [0.05, 0.1) is 0 Å². The molecule has 3 rings (SSSR count). The Hall–Kier alpha value is -2.18. The third kappa shape index (κ3) is 2.23. The average Bonchev–Trinajstić information content (AvgIpc) is 2.97. The van der Waals surface area contributed by atoms with Gasteiger partial charge in [-0.1, -0.05) is 5.16 Å². The Morgan fingerprint density at radius 3 is 3.05 bits per heavy atom. The summed E-state index contributed by atoms with van der Waals surface area (Å²) in [4.78, 5) is 12.0. The molecule has 1 atom stereocenters. The third-order valence-corrected chi connectivity index (χ3v) is 3.33. The maximum absolute atomic E-state index is 12.0. The van der Waals surface area contributed by atoms with Gasteiger partial charge in [-0.15, -0.1) is 10.2 Å². The monoisotopic (exact) mass is 261 g/mol. The van der Waals surface area contributed by atoms with E-state index in [0.29, 0.717) is 18.0 Å². The van der Waals surface area contributed by atoms with Crippen LogP contribution in [0.2, 0.25) is 0 Å². The summed E-state index contributed by atoms with van der Waals surface area (Å²) in [5.74, 6) is 2.30. The molecular formula is C12H15N5O2. The molecule has 7 heteroatoms. The third-order valence-electron chi connectivity index (χ3n) is 3.33. The second kappa shape index (κ2) is 4.49. The molecule has 0 aliphatic carbocycles. The van der Waals surface area contributed by atoms with E-state index in [1.54, 1.807) is 13.0 Å². The summed E-state index contributed by atoms with van der Waals surface area (Å²) >= 11 is 0. The van der Waals surface area contributed by atoms with Gasteiger partial charge in [-0.3, -0.25) is 4.79 Å². The molecule has 0 radical (unpaired) electrons. The van der Waals surface area contributed by atoms with Gasteiger partial charge in [-0.25, -0.2) is 0 Å². The Labute approximate surface area is 110 Å². The molecule has 3 heterocycles. The lowest BCUT2D eigenvalue weighted by Gasteiger charge is -2.24. The molecule has 100 valence electrons. The van der Waals surface area contributed by atoms with E-state index < -0.39 is 0 Å². The van der Waals surface area contributed by atoms with Crippen LogP contribution in [0, 0.1) is 13.8 Å². The minimum Gasteiger partial charge on any atom is -0.361 e. The number of nitrogens with zero attached hydrogens (tertiary/aromatic N) is 4. The molecule has 1 amide bonds. The number of hydrogen-bond donors (Lipinski definition) is 1. The zero-order chi connectivity index (χ0) is 13.4. The highest BCUT2D eigenvalue weighted by Gasteiger charge is 2.24. The number of hydrogen-bond acceptors (Lipinski definition) is 5. The lowest BCUT2D eigenvalue weighted by molar-refractivity contribution is 0.0918. The Kier molecular flexibility index (Phi) is 2.81. The van der Waals surface area contributed by atoms with Crippen LogP contribution in [-0.2, 0) is 13.0 Å². The van der Waals surface area contributed by atoms with Gasteiger partial charge in [0.15, 0.2) is 5.69 Å². The van der Waals surface area contributed by atoms with E-state index in [4.69, 9.17) is 4.52 Å². The van der Waals surface area contributed by atoms with Gasteiger partial charge in [-0.05, 0) is 20.3 Å². The van der Waals surface area contributed by atoms with E-state index in [2.05, 4.69) is 20.7 Å². The number of carbonyl (C=O) groups excluding carboxylic acids is 1. The number of fused-ring (bicyclic) bond motifs is 1. The molecule has 0 aromatic carbocycles. The topological polar surface area (TPSA) is 85.8 Å². The minimum absolute atomic E-state index is 0.0757. The highest BCUT2D eigenvalue weighted by molar-refractivity contribution is 5.92. The van der Waals surface area contributed by atoms with Crippen molar-refractivity contribution in [3.8, 4) is 0 Å². The van der Waals surface area contributed by atoms with Crippen LogP contribution in [0.4, 0.5) is 0 Å². The molecule has 1 aliphatic rings. The molecule has 0 saturated carbocycles. The van der Waals surface area contributed by atoms with Gasteiger partial charge in [0, 0.05) is 25.1 Å². The molecule has 0 unspecified atom stereocenters. The fourth-order valence-corrected chi connectivity index (χ4v) is 2.31. The van der Waals surface area contributed by atoms with Crippen LogP contribution >= 0.6 is 0 Å². The van der Waals surface area contributed by atoms with Gasteiger partial charge in [0.2, 0.25) is 0 Å². The maximum atomic E-state index is 12.0. The first-order chi connectivity index (χ1) is 9.13. The van der Waals surface area contributed by atoms with Crippen molar-refractivity contribution in [2.45, 2.75) is 39.3 Å². The van der Waals surface area contributed by atoms with E-state index in [0.717, 1.165) is 24.5 Å². The minimum atomic E-state index is -0.198. The van der Waals surface area contributed by atoms with Gasteiger partial charge in [0.25, 0.3) is 5.91 Å². The number of aromatic nitrogens is 4. The highest BCUT2D eigenvalue weighted by atomic mass is 16.5. The second-order valence-corrected chi connectivity index (χ2v) is 4.81. The van der Waals surface area contributed by atoms with E-state index in [9.17, 15) is 4.79 Å². The summed E-state index contributed by atoms with van der Waals surface area (Å²) in [6.07, 6.45) is 1.68. The molecule has 0 bridgehead atoms. The Morgan fingerprint density at radius 1 is 1.47 bits per heavy atom. The Balaban J connectivity index is 1.69. The van der Waals surface area contributed by atoms with Crippen molar-refractivity contribution in [3.63, 3.8) is 0 Å². The van der Waals surface area contributed by atoms with Crippen molar-refractivity contribution in [1.29, 1.82) is 0 Å². The highest BCUT2D eigenvalue weighted by Crippen LogP contribution is 2.15. The standard InChI is InChI=1S/C12H15N5O2/c1-7-5-10(16-19-7)12(18)13-9-3-4-11-15-14-8(2)17(11)6-9/h5,9H,3-4,6H2,1-2H3,(H,13,18)/t9-/m0/s1. The predicted molar refractivity (Wildman–Crippen MR) is 65.6 cm³/mol. The van der Waals surface area contributed by atoms with Crippen LogP contribution in [0.15, 0.2) is 10.6 Å². The largest absolute Gasteiger partial charge is 0.361 e. The molecule has 7 nitrogen and oxygen atoms in total. The van der Waals surface area contributed by atoms with Crippen molar-refractivity contribution in [2.24, 2.45) is 0 Å². The number of nitrogens with one attached hydrogen (secondary N) is 1. The first kappa shape index (κ1) is 11.9. The van der Waals surface area contributed by atoms with Crippen LogP contribution in [0.25, 0.3) is 0 Å². The van der Waals surface area contributed by atoms with Crippen molar-refractivity contribution in [1.82, 2.24) is 25.2 Å². The number of carbonyl (C=O) groups is 1. The molecule has 1 aliphatic heterocycles. The smallest absolute Gasteiger partial charge is 0.273 e. The summed E-state index contributed by atoms with van der Waals surface area (Å²) in [7, 11) is 0. The zero-order valence-corrected chi connectivity index (χ0v) is 10.9. The van der Waals surface area contributed by atoms with Crippen LogP contribution in [-0.4, -0.2) is 31.9 Å².